The maximum absolute atomic E-state index is 12.5. The van der Waals surface area contributed by atoms with E-state index in [1.165, 1.54) is 19.2 Å². The molecule has 0 saturated heterocycles. The molecule has 0 aliphatic carbocycles. The van der Waals surface area contributed by atoms with Crippen LogP contribution in [0.15, 0.2) is 45.0 Å². The van der Waals surface area contributed by atoms with E-state index in [1.54, 1.807) is 12.1 Å². The number of anilines is 1. The molecule has 9 nitrogen and oxygen atoms in total. The van der Waals surface area contributed by atoms with Crippen molar-refractivity contribution in [1.29, 1.82) is 5.26 Å². The third kappa shape index (κ3) is 3.16. The van der Waals surface area contributed by atoms with E-state index in [9.17, 15) is 25.1 Å². The molecule has 3 aromatic rings. The molecule has 0 spiro atoms. The summed E-state index contributed by atoms with van der Waals surface area (Å²) >= 11 is 3.33. The second kappa shape index (κ2) is 7.65. The number of azo groups is 1. The predicted molar refractivity (Wildman–Crippen MR) is 123 cm³/mol. The lowest BCUT2D eigenvalue weighted by Crippen LogP contribution is -2.27. The Morgan fingerprint density at radius 1 is 1.24 bits per heavy atom. The first-order chi connectivity index (χ1) is 15.8. The molecule has 10 heteroatoms. The van der Waals surface area contributed by atoms with Crippen LogP contribution in [0.5, 0.6) is 5.75 Å². The number of β-amino-alcohol motifs (C(OH)–C–C–N with tert-alkyl or cyclic N) is 1. The minimum absolute atomic E-state index is 0.00750. The smallest absolute Gasteiger partial charge is 0.262 e. The third-order valence-corrected chi connectivity index (χ3v) is 6.61. The van der Waals surface area contributed by atoms with Crippen LogP contribution in [-0.4, -0.2) is 46.6 Å². The van der Waals surface area contributed by atoms with Crippen LogP contribution in [-0.2, 0) is 6.42 Å². The minimum atomic E-state index is -0.561. The number of carbonyl (C=O) groups is 2. The van der Waals surface area contributed by atoms with Gasteiger partial charge in [-0.25, -0.2) is 0 Å². The molecular weight excluding hydrogens is 490 g/mol. The van der Waals surface area contributed by atoms with Crippen molar-refractivity contribution in [3.05, 3.63) is 57.1 Å². The molecule has 3 aromatic carbocycles. The molecule has 1 atom stereocenters. The highest BCUT2D eigenvalue weighted by Crippen LogP contribution is 2.44. The van der Waals surface area contributed by atoms with E-state index in [2.05, 4.69) is 31.5 Å². The Morgan fingerprint density at radius 2 is 2.03 bits per heavy atom. The average molecular weight is 506 g/mol. The van der Waals surface area contributed by atoms with E-state index in [-0.39, 0.29) is 32.6 Å². The summed E-state index contributed by atoms with van der Waals surface area (Å²) in [6, 6.07) is 10.2. The van der Waals surface area contributed by atoms with Gasteiger partial charge >= 0.3 is 0 Å². The Morgan fingerprint density at radius 3 is 2.79 bits per heavy atom. The summed E-state index contributed by atoms with van der Waals surface area (Å²) in [6.45, 7) is 0.396. The monoisotopic (exact) mass is 505 g/mol. The van der Waals surface area contributed by atoms with Crippen LogP contribution >= 0.6 is 15.9 Å². The molecule has 2 heterocycles. The lowest BCUT2D eigenvalue weighted by atomic mass is 9.95. The third-order valence-electron chi connectivity index (χ3n) is 5.84. The fraction of sp³-hybridized carbons (Fsp3) is 0.174. The van der Waals surface area contributed by atoms with Crippen LogP contribution in [0.25, 0.3) is 10.8 Å². The lowest BCUT2D eigenvalue weighted by molar-refractivity contribution is 0.0692. The van der Waals surface area contributed by atoms with Crippen molar-refractivity contribution in [2.45, 2.75) is 12.5 Å². The van der Waals surface area contributed by atoms with Crippen LogP contribution in [0.2, 0.25) is 0 Å². The molecule has 2 amide bonds. The summed E-state index contributed by atoms with van der Waals surface area (Å²) in [5, 5.41) is 43.2. The van der Waals surface area contributed by atoms with Crippen LogP contribution in [0.1, 0.15) is 31.8 Å². The first-order valence-corrected chi connectivity index (χ1v) is 10.8. The van der Waals surface area contributed by atoms with Gasteiger partial charge in [-0.05, 0) is 39.7 Å². The lowest BCUT2D eigenvalue weighted by Gasteiger charge is -2.24. The number of nitrogens with zero attached hydrogens (tertiary/aromatic N) is 4. The number of aliphatic hydroxyl groups is 1. The molecule has 164 valence electrons. The van der Waals surface area contributed by atoms with Gasteiger partial charge in [0.15, 0.2) is 0 Å². The number of nitrogens with one attached hydrogen (secondary N) is 1. The van der Waals surface area contributed by atoms with Crippen molar-refractivity contribution in [3.8, 4) is 11.8 Å². The SMILES string of the molecule is CN1C(=O)c2cc(C#N)c(N=Nc3cc4c(c5cccc(O)c35)NCC(O)C4)c(Br)c2C1=O. The van der Waals surface area contributed by atoms with Gasteiger partial charge in [-0.3, -0.25) is 14.5 Å². The largest absolute Gasteiger partial charge is 0.507 e. The van der Waals surface area contributed by atoms with Crippen LogP contribution in [0, 0.1) is 11.3 Å². The number of hydrogen-bond donors (Lipinski definition) is 3. The highest BCUT2D eigenvalue weighted by atomic mass is 79.9. The number of carbonyl (C=O) groups excluding carboxylic acids is 2. The Labute approximate surface area is 196 Å². The van der Waals surface area contributed by atoms with Crippen molar-refractivity contribution in [3.63, 3.8) is 0 Å². The van der Waals surface area contributed by atoms with Crippen molar-refractivity contribution < 1.29 is 19.8 Å². The number of imide groups is 1. The zero-order chi connectivity index (χ0) is 23.4. The number of nitriles is 1. The molecule has 0 bridgehead atoms. The van der Waals surface area contributed by atoms with Crippen LogP contribution in [0.4, 0.5) is 17.1 Å². The molecule has 0 radical (unpaired) electrons. The summed E-state index contributed by atoms with van der Waals surface area (Å²) in [4.78, 5) is 25.8. The summed E-state index contributed by atoms with van der Waals surface area (Å²) in [5.41, 5.74) is 2.40. The van der Waals surface area contributed by atoms with E-state index in [0.717, 1.165) is 21.5 Å². The van der Waals surface area contributed by atoms with Gasteiger partial charge in [0.1, 0.15) is 17.5 Å². The number of fused-ring (bicyclic) bond motifs is 4. The summed E-state index contributed by atoms with van der Waals surface area (Å²) in [5.74, 6) is -0.986. The minimum Gasteiger partial charge on any atom is -0.507 e. The number of aromatic hydroxyl groups is 1. The number of phenols is 1. The van der Waals surface area contributed by atoms with Crippen molar-refractivity contribution >= 4 is 55.6 Å². The van der Waals surface area contributed by atoms with E-state index in [4.69, 9.17) is 0 Å². The van der Waals surface area contributed by atoms with Crippen molar-refractivity contribution in [2.75, 3.05) is 18.9 Å². The maximum atomic E-state index is 12.5. The fourth-order valence-corrected chi connectivity index (χ4v) is 4.92. The van der Waals surface area contributed by atoms with Crippen molar-refractivity contribution in [2.24, 2.45) is 10.2 Å². The molecule has 0 saturated carbocycles. The van der Waals surface area contributed by atoms with Gasteiger partial charge in [-0.15, -0.1) is 10.2 Å². The van der Waals surface area contributed by atoms with Crippen LogP contribution in [0.3, 0.4) is 0 Å². The maximum Gasteiger partial charge on any atom is 0.262 e. The van der Waals surface area contributed by atoms with Gasteiger partial charge in [0.25, 0.3) is 11.8 Å². The molecule has 33 heavy (non-hydrogen) atoms. The molecule has 2 aliphatic heterocycles. The average Bonchev–Trinajstić information content (AvgIpc) is 3.01. The van der Waals surface area contributed by atoms with E-state index in [1.807, 2.05) is 12.1 Å². The number of halogens is 1. The quantitative estimate of drug-likeness (QED) is 0.353. The predicted octanol–water partition coefficient (Wildman–Crippen LogP) is 4.15. The molecule has 1 unspecified atom stereocenters. The van der Waals surface area contributed by atoms with Gasteiger partial charge in [0.2, 0.25) is 0 Å². The van der Waals surface area contributed by atoms with Gasteiger partial charge in [-0.1, -0.05) is 12.1 Å². The Kier molecular flexibility index (Phi) is 4.88. The zero-order valence-electron chi connectivity index (χ0n) is 17.3. The molecular formula is C23H16BrN5O4. The highest BCUT2D eigenvalue weighted by molar-refractivity contribution is 9.10. The standard InChI is InChI=1S/C23H16BrN5O4/c1-29-22(32)14-6-11(8-25)21(19(24)18(14)23(29)33)28-27-15-7-10-5-12(30)9-26-20(10)13-3-2-4-16(31)17(13)15/h2-4,6-7,12,26,30-31H,5,9H2,1H3. The first-order valence-electron chi connectivity index (χ1n) is 10.0. The molecule has 0 aromatic heterocycles. The van der Waals surface area contributed by atoms with Gasteiger partial charge < -0.3 is 15.5 Å². The number of benzene rings is 3. The summed E-state index contributed by atoms with van der Waals surface area (Å²) in [6.07, 6.45) is -0.153. The number of phenolic OH excluding ortho intramolecular Hbond substituents is 1. The van der Waals surface area contributed by atoms with E-state index < -0.39 is 17.9 Å². The number of rotatable bonds is 2. The van der Waals surface area contributed by atoms with Crippen LogP contribution < -0.4 is 5.32 Å². The van der Waals surface area contributed by atoms with Crippen molar-refractivity contribution in [1.82, 2.24) is 4.90 Å². The fourth-order valence-electron chi connectivity index (χ4n) is 4.24. The summed E-state index contributed by atoms with van der Waals surface area (Å²) in [7, 11) is 1.37. The zero-order valence-corrected chi connectivity index (χ0v) is 18.8. The van der Waals surface area contributed by atoms with Gasteiger partial charge in [-0.2, -0.15) is 5.26 Å². The summed E-state index contributed by atoms with van der Waals surface area (Å²) < 4.78 is 0.201. The molecule has 2 aliphatic rings. The topological polar surface area (TPSA) is 138 Å². The van der Waals surface area contributed by atoms with Gasteiger partial charge in [0.05, 0.1) is 38.3 Å². The number of aliphatic hydroxyl groups excluding tert-OH is 1. The Balaban J connectivity index is 1.70. The Hall–Kier alpha value is -3.81. The second-order valence-corrected chi connectivity index (χ2v) is 8.65. The Bertz CT molecular complexity index is 1460. The number of hydrogen-bond acceptors (Lipinski definition) is 8. The second-order valence-electron chi connectivity index (χ2n) is 7.86. The van der Waals surface area contributed by atoms with E-state index >= 15 is 0 Å². The van der Waals surface area contributed by atoms with E-state index in [0.29, 0.717) is 24.0 Å². The highest BCUT2D eigenvalue weighted by Gasteiger charge is 2.37. The molecule has 5 rings (SSSR count). The first kappa shape index (κ1) is 21.1. The number of amides is 2. The molecule has 0 fully saturated rings. The normalized spacial score (nSPS) is 17.3. The van der Waals surface area contributed by atoms with Gasteiger partial charge in [0, 0.05) is 31.1 Å². The molecule has 3 N–H and O–H groups in total.